The molecule has 0 aliphatic carbocycles. The SMILES string of the molecule is O=C(/C=C/c1cccc(C(=O)c2cc3ccccc3[nH]2)c1)NO. The summed E-state index contributed by atoms with van der Waals surface area (Å²) in [6.07, 6.45) is 2.71. The maximum absolute atomic E-state index is 12.6. The largest absolute Gasteiger partial charge is 0.352 e. The van der Waals surface area contributed by atoms with Gasteiger partial charge in [-0.05, 0) is 29.8 Å². The maximum Gasteiger partial charge on any atom is 0.267 e. The molecule has 114 valence electrons. The van der Waals surface area contributed by atoms with Crippen LogP contribution in [0.15, 0.2) is 60.7 Å². The van der Waals surface area contributed by atoms with Gasteiger partial charge in [0.15, 0.2) is 0 Å². The number of aromatic nitrogens is 1. The Labute approximate surface area is 132 Å². The van der Waals surface area contributed by atoms with Gasteiger partial charge in [-0.3, -0.25) is 14.8 Å². The summed E-state index contributed by atoms with van der Waals surface area (Å²) in [5.74, 6) is -0.750. The smallest absolute Gasteiger partial charge is 0.267 e. The van der Waals surface area contributed by atoms with Crippen molar-refractivity contribution in [3.8, 4) is 0 Å². The number of H-pyrrole nitrogens is 1. The first kappa shape index (κ1) is 14.7. The summed E-state index contributed by atoms with van der Waals surface area (Å²) in [4.78, 5) is 26.7. The number of hydrogen-bond acceptors (Lipinski definition) is 3. The van der Waals surface area contributed by atoms with E-state index in [0.29, 0.717) is 16.8 Å². The van der Waals surface area contributed by atoms with E-state index >= 15 is 0 Å². The van der Waals surface area contributed by atoms with E-state index in [1.54, 1.807) is 24.3 Å². The number of rotatable bonds is 4. The van der Waals surface area contributed by atoms with Gasteiger partial charge in [0.1, 0.15) is 0 Å². The lowest BCUT2D eigenvalue weighted by atomic mass is 10.0. The fourth-order valence-corrected chi connectivity index (χ4v) is 2.34. The number of para-hydroxylation sites is 1. The number of fused-ring (bicyclic) bond motifs is 1. The molecule has 1 heterocycles. The molecule has 3 N–H and O–H groups in total. The highest BCUT2D eigenvalue weighted by atomic mass is 16.5. The zero-order chi connectivity index (χ0) is 16.2. The van der Waals surface area contributed by atoms with Gasteiger partial charge in [0, 0.05) is 22.5 Å². The van der Waals surface area contributed by atoms with Gasteiger partial charge in [-0.15, -0.1) is 0 Å². The van der Waals surface area contributed by atoms with Gasteiger partial charge in [-0.25, -0.2) is 5.48 Å². The second kappa shape index (κ2) is 6.29. The van der Waals surface area contributed by atoms with Crippen LogP contribution in [0.25, 0.3) is 17.0 Å². The maximum atomic E-state index is 12.6. The highest BCUT2D eigenvalue weighted by molar-refractivity contribution is 6.10. The Morgan fingerprint density at radius 1 is 1.04 bits per heavy atom. The summed E-state index contributed by atoms with van der Waals surface area (Å²) in [6, 6.07) is 16.4. The summed E-state index contributed by atoms with van der Waals surface area (Å²) in [5.41, 5.74) is 4.15. The molecule has 0 radical (unpaired) electrons. The minimum Gasteiger partial charge on any atom is -0.352 e. The number of nitrogens with one attached hydrogen (secondary N) is 2. The number of carbonyl (C=O) groups is 2. The molecule has 23 heavy (non-hydrogen) atoms. The number of hydrogen-bond donors (Lipinski definition) is 3. The highest BCUT2D eigenvalue weighted by Crippen LogP contribution is 2.18. The molecule has 0 aliphatic rings. The quantitative estimate of drug-likeness (QED) is 0.300. The molecule has 5 nitrogen and oxygen atoms in total. The van der Waals surface area contributed by atoms with Crippen molar-refractivity contribution in [1.29, 1.82) is 0 Å². The molecule has 0 bridgehead atoms. The lowest BCUT2D eigenvalue weighted by Crippen LogP contribution is -2.14. The molecule has 0 saturated carbocycles. The number of ketones is 1. The molecular weight excluding hydrogens is 292 g/mol. The summed E-state index contributed by atoms with van der Waals surface area (Å²) in [5, 5.41) is 9.44. The van der Waals surface area contributed by atoms with Crippen molar-refractivity contribution in [3.05, 3.63) is 77.5 Å². The van der Waals surface area contributed by atoms with Gasteiger partial charge in [0.05, 0.1) is 5.69 Å². The van der Waals surface area contributed by atoms with E-state index in [1.807, 2.05) is 30.3 Å². The Balaban J connectivity index is 1.90. The van der Waals surface area contributed by atoms with Gasteiger partial charge < -0.3 is 4.98 Å². The lowest BCUT2D eigenvalue weighted by Gasteiger charge is -2.00. The normalized spacial score (nSPS) is 11.0. The van der Waals surface area contributed by atoms with Crippen molar-refractivity contribution >= 4 is 28.7 Å². The monoisotopic (exact) mass is 306 g/mol. The van der Waals surface area contributed by atoms with Crippen LogP contribution in [0.4, 0.5) is 0 Å². The Kier molecular flexibility index (Phi) is 4.03. The average Bonchev–Trinajstić information content (AvgIpc) is 3.03. The van der Waals surface area contributed by atoms with Gasteiger partial charge in [-0.1, -0.05) is 36.4 Å². The summed E-state index contributed by atoms with van der Waals surface area (Å²) in [6.45, 7) is 0. The van der Waals surface area contributed by atoms with Gasteiger partial charge in [0.25, 0.3) is 5.91 Å². The molecule has 0 spiro atoms. The van der Waals surface area contributed by atoms with Crippen LogP contribution in [-0.2, 0) is 4.79 Å². The van der Waals surface area contributed by atoms with E-state index in [0.717, 1.165) is 10.9 Å². The summed E-state index contributed by atoms with van der Waals surface area (Å²) >= 11 is 0. The summed E-state index contributed by atoms with van der Waals surface area (Å²) < 4.78 is 0. The molecule has 3 rings (SSSR count). The van der Waals surface area contributed by atoms with Gasteiger partial charge in [-0.2, -0.15) is 0 Å². The Hall–Kier alpha value is -3.18. The fraction of sp³-hybridized carbons (Fsp3) is 0. The molecule has 3 aromatic rings. The Morgan fingerprint density at radius 3 is 2.65 bits per heavy atom. The fourth-order valence-electron chi connectivity index (χ4n) is 2.34. The topological polar surface area (TPSA) is 82.2 Å². The highest BCUT2D eigenvalue weighted by Gasteiger charge is 2.12. The van der Waals surface area contributed by atoms with E-state index in [2.05, 4.69) is 4.98 Å². The minimum absolute atomic E-state index is 0.122. The molecule has 0 unspecified atom stereocenters. The van der Waals surface area contributed by atoms with E-state index < -0.39 is 5.91 Å². The third-order valence-electron chi connectivity index (χ3n) is 3.46. The van der Waals surface area contributed by atoms with E-state index in [1.165, 1.54) is 17.6 Å². The van der Waals surface area contributed by atoms with Crippen LogP contribution >= 0.6 is 0 Å². The van der Waals surface area contributed by atoms with Crippen molar-refractivity contribution < 1.29 is 14.8 Å². The standard InChI is InChI=1S/C18H14N2O3/c21-17(20-23)9-8-12-4-3-6-14(10-12)18(22)16-11-13-5-1-2-7-15(13)19-16/h1-11,19,23H,(H,20,21)/b9-8+. The number of carbonyl (C=O) groups excluding carboxylic acids is 2. The average molecular weight is 306 g/mol. The zero-order valence-electron chi connectivity index (χ0n) is 12.1. The third-order valence-corrected chi connectivity index (χ3v) is 3.46. The Morgan fingerprint density at radius 2 is 1.87 bits per heavy atom. The van der Waals surface area contributed by atoms with Crippen LogP contribution in [-0.4, -0.2) is 21.9 Å². The molecule has 0 fully saturated rings. The van der Waals surface area contributed by atoms with Crippen LogP contribution in [0.1, 0.15) is 21.6 Å². The van der Waals surface area contributed by atoms with Crippen LogP contribution in [0, 0.1) is 0 Å². The predicted molar refractivity (Wildman–Crippen MR) is 87.1 cm³/mol. The van der Waals surface area contributed by atoms with Crippen LogP contribution in [0.3, 0.4) is 0 Å². The molecular formula is C18H14N2O3. The van der Waals surface area contributed by atoms with Crippen LogP contribution < -0.4 is 5.48 Å². The first-order valence-electron chi connectivity index (χ1n) is 7.02. The van der Waals surface area contributed by atoms with Crippen molar-refractivity contribution in [1.82, 2.24) is 10.5 Å². The third kappa shape index (κ3) is 3.20. The van der Waals surface area contributed by atoms with Crippen LogP contribution in [0.5, 0.6) is 0 Å². The van der Waals surface area contributed by atoms with Crippen molar-refractivity contribution in [3.63, 3.8) is 0 Å². The van der Waals surface area contributed by atoms with E-state index in [4.69, 9.17) is 5.21 Å². The van der Waals surface area contributed by atoms with Crippen molar-refractivity contribution in [2.45, 2.75) is 0 Å². The molecule has 2 aromatic carbocycles. The van der Waals surface area contributed by atoms with E-state index in [9.17, 15) is 9.59 Å². The molecule has 1 amide bonds. The van der Waals surface area contributed by atoms with Crippen LogP contribution in [0.2, 0.25) is 0 Å². The Bertz CT molecular complexity index is 876. The molecule has 0 saturated heterocycles. The van der Waals surface area contributed by atoms with Crippen molar-refractivity contribution in [2.75, 3.05) is 0 Å². The second-order valence-electron chi connectivity index (χ2n) is 5.03. The molecule has 0 aliphatic heterocycles. The van der Waals surface area contributed by atoms with Gasteiger partial charge >= 0.3 is 0 Å². The molecule has 1 aromatic heterocycles. The minimum atomic E-state index is -0.627. The molecule has 0 atom stereocenters. The first-order valence-corrected chi connectivity index (χ1v) is 7.02. The molecule has 5 heteroatoms. The summed E-state index contributed by atoms with van der Waals surface area (Å²) in [7, 11) is 0. The first-order chi connectivity index (χ1) is 11.2. The number of benzene rings is 2. The van der Waals surface area contributed by atoms with Gasteiger partial charge in [0.2, 0.25) is 5.78 Å². The zero-order valence-corrected chi connectivity index (χ0v) is 12.1. The van der Waals surface area contributed by atoms with E-state index in [-0.39, 0.29) is 5.78 Å². The lowest BCUT2D eigenvalue weighted by molar-refractivity contribution is -0.124. The number of aromatic amines is 1. The number of hydroxylamine groups is 1. The number of amides is 1. The van der Waals surface area contributed by atoms with Crippen molar-refractivity contribution in [2.24, 2.45) is 0 Å². The second-order valence-corrected chi connectivity index (χ2v) is 5.03. The predicted octanol–water partition coefficient (Wildman–Crippen LogP) is 2.92.